The van der Waals surface area contributed by atoms with Crippen LogP contribution in [0.25, 0.3) is 0 Å². The fourth-order valence-electron chi connectivity index (χ4n) is 1.92. The van der Waals surface area contributed by atoms with Crippen LogP contribution in [0.3, 0.4) is 0 Å². The first-order valence-corrected chi connectivity index (χ1v) is 7.50. The number of aliphatic carboxylic acids is 1. The lowest BCUT2D eigenvalue weighted by Gasteiger charge is -2.11. The Labute approximate surface area is 135 Å². The van der Waals surface area contributed by atoms with Crippen LogP contribution >= 0.6 is 0 Å². The van der Waals surface area contributed by atoms with E-state index in [4.69, 9.17) is 10.8 Å². The summed E-state index contributed by atoms with van der Waals surface area (Å²) in [5.74, 6) is -1.71. The molecule has 7 nitrogen and oxygen atoms in total. The van der Waals surface area contributed by atoms with Crippen LogP contribution in [0, 0.1) is 6.92 Å². The molecular formula is C16H23N3O4. The number of unbranched alkanes of at least 4 members (excludes halogenated alkanes) is 1. The van der Waals surface area contributed by atoms with E-state index in [1.165, 1.54) is 0 Å². The van der Waals surface area contributed by atoms with Crippen molar-refractivity contribution in [1.82, 2.24) is 10.6 Å². The largest absolute Gasteiger partial charge is 0.480 e. The highest BCUT2D eigenvalue weighted by atomic mass is 16.4. The number of amides is 2. The average molecular weight is 321 g/mol. The third-order valence-electron chi connectivity index (χ3n) is 3.29. The van der Waals surface area contributed by atoms with Gasteiger partial charge in [-0.25, -0.2) is 0 Å². The molecule has 1 aromatic carbocycles. The molecule has 0 fully saturated rings. The number of carboxylic acid groups (broad SMARTS) is 1. The number of hydrogen-bond donors (Lipinski definition) is 4. The molecule has 23 heavy (non-hydrogen) atoms. The number of aryl methyl sites for hydroxylation is 1. The summed E-state index contributed by atoms with van der Waals surface area (Å²) in [6.45, 7) is 2.02. The molecule has 1 aromatic rings. The van der Waals surface area contributed by atoms with Gasteiger partial charge in [0, 0.05) is 12.1 Å². The maximum Gasteiger partial charge on any atom is 0.322 e. The molecule has 0 saturated heterocycles. The second-order valence-electron chi connectivity index (χ2n) is 5.34. The van der Waals surface area contributed by atoms with Gasteiger partial charge < -0.3 is 21.5 Å². The van der Waals surface area contributed by atoms with Gasteiger partial charge in [0.25, 0.3) is 5.91 Å². The van der Waals surface area contributed by atoms with Crippen LogP contribution in [0.2, 0.25) is 0 Å². The van der Waals surface area contributed by atoms with Crippen molar-refractivity contribution in [2.24, 2.45) is 5.73 Å². The number of hydrogen-bond acceptors (Lipinski definition) is 4. The maximum atomic E-state index is 11.9. The predicted molar refractivity (Wildman–Crippen MR) is 86.0 cm³/mol. The number of carbonyl (C=O) groups is 3. The summed E-state index contributed by atoms with van der Waals surface area (Å²) in [7, 11) is 0. The van der Waals surface area contributed by atoms with Crippen LogP contribution in [0.5, 0.6) is 0 Å². The minimum Gasteiger partial charge on any atom is -0.480 e. The van der Waals surface area contributed by atoms with Crippen molar-refractivity contribution in [2.75, 3.05) is 13.1 Å². The predicted octanol–water partition coefficient (Wildman–Crippen LogP) is 0.423. The Morgan fingerprint density at radius 2 is 1.78 bits per heavy atom. The minimum absolute atomic E-state index is 0.131. The van der Waals surface area contributed by atoms with Gasteiger partial charge in [0.2, 0.25) is 5.91 Å². The van der Waals surface area contributed by atoms with Crippen molar-refractivity contribution in [3.05, 3.63) is 35.4 Å². The smallest absolute Gasteiger partial charge is 0.322 e. The van der Waals surface area contributed by atoms with Crippen molar-refractivity contribution >= 4 is 17.8 Å². The highest BCUT2D eigenvalue weighted by Crippen LogP contribution is 2.03. The Kier molecular flexibility index (Phi) is 7.76. The summed E-state index contributed by atoms with van der Waals surface area (Å²) in [5.41, 5.74) is 7.36. The molecule has 0 aliphatic carbocycles. The van der Waals surface area contributed by atoms with Crippen LogP contribution in [0.1, 0.15) is 35.2 Å². The molecule has 5 N–H and O–H groups in total. The van der Waals surface area contributed by atoms with Crippen molar-refractivity contribution in [3.8, 4) is 0 Å². The number of nitrogens with two attached hydrogens (primary N) is 1. The first-order valence-electron chi connectivity index (χ1n) is 7.50. The second kappa shape index (κ2) is 9.58. The van der Waals surface area contributed by atoms with E-state index in [2.05, 4.69) is 10.6 Å². The van der Waals surface area contributed by atoms with E-state index in [-0.39, 0.29) is 5.91 Å². The summed E-state index contributed by atoms with van der Waals surface area (Å²) >= 11 is 0. The van der Waals surface area contributed by atoms with Crippen LogP contribution in [-0.2, 0) is 9.59 Å². The Bertz CT molecular complexity index is 543. The molecule has 0 spiro atoms. The third kappa shape index (κ3) is 7.42. The fourth-order valence-corrected chi connectivity index (χ4v) is 1.92. The lowest BCUT2D eigenvalue weighted by molar-refractivity contribution is -0.138. The monoisotopic (exact) mass is 321 g/mol. The standard InChI is InChI=1S/C16H23N3O4/c1-11-5-7-12(8-6-11)15(22)18-9-3-2-4-13(17)16(23)19-10-14(20)21/h5-8,13H,2-4,9-10,17H2,1H3,(H,18,22)(H,19,23)(H,20,21)/t13-/m1/s1. The number of carboxylic acids is 1. The van der Waals surface area contributed by atoms with E-state index < -0.39 is 24.5 Å². The summed E-state index contributed by atoms with van der Waals surface area (Å²) in [6, 6.07) is 6.57. The average Bonchev–Trinajstić information content (AvgIpc) is 2.52. The summed E-state index contributed by atoms with van der Waals surface area (Å²) < 4.78 is 0. The molecule has 0 saturated carbocycles. The van der Waals surface area contributed by atoms with E-state index in [9.17, 15) is 14.4 Å². The van der Waals surface area contributed by atoms with E-state index in [0.29, 0.717) is 31.4 Å². The van der Waals surface area contributed by atoms with Gasteiger partial charge in [-0.3, -0.25) is 14.4 Å². The highest BCUT2D eigenvalue weighted by molar-refractivity contribution is 5.94. The second-order valence-corrected chi connectivity index (χ2v) is 5.34. The summed E-state index contributed by atoms with van der Waals surface area (Å²) in [4.78, 5) is 33.6. The lowest BCUT2D eigenvalue weighted by Crippen LogP contribution is -2.42. The molecule has 2 amide bonds. The minimum atomic E-state index is -1.11. The van der Waals surface area contributed by atoms with E-state index in [1.807, 2.05) is 19.1 Å². The van der Waals surface area contributed by atoms with Crippen LogP contribution < -0.4 is 16.4 Å². The van der Waals surface area contributed by atoms with Gasteiger partial charge in [-0.15, -0.1) is 0 Å². The summed E-state index contributed by atoms with van der Waals surface area (Å²) in [5, 5.41) is 13.5. The van der Waals surface area contributed by atoms with Crippen LogP contribution in [0.4, 0.5) is 0 Å². The van der Waals surface area contributed by atoms with Gasteiger partial charge >= 0.3 is 5.97 Å². The molecule has 126 valence electrons. The molecule has 1 rings (SSSR count). The molecule has 0 aliphatic heterocycles. The number of carbonyl (C=O) groups excluding carboxylic acids is 2. The first kappa shape index (κ1) is 18.6. The lowest BCUT2D eigenvalue weighted by atomic mass is 10.1. The molecule has 0 radical (unpaired) electrons. The Morgan fingerprint density at radius 3 is 2.39 bits per heavy atom. The zero-order valence-corrected chi connectivity index (χ0v) is 13.2. The van der Waals surface area contributed by atoms with Crippen LogP contribution in [0.15, 0.2) is 24.3 Å². The number of nitrogens with one attached hydrogen (secondary N) is 2. The van der Waals surface area contributed by atoms with Crippen molar-refractivity contribution in [1.29, 1.82) is 0 Å². The van der Waals surface area contributed by atoms with Gasteiger partial charge in [-0.1, -0.05) is 17.7 Å². The quantitative estimate of drug-likeness (QED) is 0.491. The number of benzene rings is 1. The highest BCUT2D eigenvalue weighted by Gasteiger charge is 2.13. The Morgan fingerprint density at radius 1 is 1.13 bits per heavy atom. The topological polar surface area (TPSA) is 122 Å². The Balaban J connectivity index is 2.17. The molecule has 0 heterocycles. The molecule has 0 aromatic heterocycles. The zero-order valence-electron chi connectivity index (χ0n) is 13.2. The van der Waals surface area contributed by atoms with Gasteiger partial charge in [0.15, 0.2) is 0 Å². The van der Waals surface area contributed by atoms with Gasteiger partial charge in [-0.2, -0.15) is 0 Å². The number of rotatable bonds is 9. The maximum absolute atomic E-state index is 11.9. The molecular weight excluding hydrogens is 298 g/mol. The van der Waals surface area contributed by atoms with Gasteiger partial charge in [0.05, 0.1) is 6.04 Å². The molecule has 7 heteroatoms. The van der Waals surface area contributed by atoms with E-state index in [0.717, 1.165) is 5.56 Å². The molecule has 0 bridgehead atoms. The van der Waals surface area contributed by atoms with Crippen molar-refractivity contribution in [2.45, 2.75) is 32.2 Å². The van der Waals surface area contributed by atoms with Crippen molar-refractivity contribution < 1.29 is 19.5 Å². The van der Waals surface area contributed by atoms with E-state index in [1.54, 1.807) is 12.1 Å². The SMILES string of the molecule is Cc1ccc(C(=O)NCCCC[C@@H](N)C(=O)NCC(=O)O)cc1. The van der Waals surface area contributed by atoms with Crippen molar-refractivity contribution in [3.63, 3.8) is 0 Å². The van der Waals surface area contributed by atoms with Gasteiger partial charge in [0.1, 0.15) is 6.54 Å². The third-order valence-corrected chi connectivity index (χ3v) is 3.29. The van der Waals surface area contributed by atoms with Crippen LogP contribution in [-0.4, -0.2) is 42.0 Å². The molecule has 1 atom stereocenters. The zero-order chi connectivity index (χ0) is 17.2. The summed E-state index contributed by atoms with van der Waals surface area (Å²) in [6.07, 6.45) is 1.79. The Hall–Kier alpha value is -2.41. The first-order chi connectivity index (χ1) is 10.9. The fraction of sp³-hybridized carbons (Fsp3) is 0.438. The van der Waals surface area contributed by atoms with Gasteiger partial charge in [-0.05, 0) is 38.3 Å². The molecule has 0 aliphatic rings. The molecule has 0 unspecified atom stereocenters. The van der Waals surface area contributed by atoms with E-state index >= 15 is 0 Å². The normalized spacial score (nSPS) is 11.6.